The first-order valence-corrected chi connectivity index (χ1v) is 5.47. The molecular weight excluding hydrogens is 227 g/mol. The minimum atomic E-state index is -0.664. The van der Waals surface area contributed by atoms with Crippen LogP contribution < -0.4 is 0 Å². The van der Waals surface area contributed by atoms with Crippen LogP contribution in [0.1, 0.15) is 22.3 Å². The molecule has 0 heterocycles. The van der Waals surface area contributed by atoms with Gasteiger partial charge in [-0.05, 0) is 29.9 Å². The zero-order valence-corrected chi connectivity index (χ0v) is 9.84. The highest BCUT2D eigenvalue weighted by atomic mass is 32.1. The van der Waals surface area contributed by atoms with Crippen LogP contribution in [0.3, 0.4) is 0 Å². The third-order valence-electron chi connectivity index (χ3n) is 2.00. The molecule has 1 aromatic carbocycles. The van der Waals surface area contributed by atoms with Gasteiger partial charge in [-0.25, -0.2) is 9.18 Å². The first-order chi connectivity index (χ1) is 7.69. The minimum Gasteiger partial charge on any atom is -0.465 e. The molecule has 0 bridgehead atoms. The van der Waals surface area contributed by atoms with Crippen molar-refractivity contribution in [1.29, 1.82) is 0 Å². The van der Waals surface area contributed by atoms with Crippen molar-refractivity contribution < 1.29 is 13.9 Å². The van der Waals surface area contributed by atoms with E-state index < -0.39 is 11.8 Å². The van der Waals surface area contributed by atoms with E-state index in [4.69, 9.17) is 0 Å². The average molecular weight is 240 g/mol. The quantitative estimate of drug-likeness (QED) is 0.647. The molecule has 0 fully saturated rings. The first-order valence-electron chi connectivity index (χ1n) is 4.84. The number of carbonyl (C=O) groups excluding carboxylic acids is 1. The predicted octanol–water partition coefficient (Wildman–Crippen LogP) is 2.95. The summed E-state index contributed by atoms with van der Waals surface area (Å²) in [5.41, 5.74) is 0.667. The summed E-state index contributed by atoms with van der Waals surface area (Å²) in [6, 6.07) is 4.40. The van der Waals surface area contributed by atoms with Crippen LogP contribution in [-0.2, 0) is 4.74 Å². The summed E-state index contributed by atoms with van der Waals surface area (Å²) in [6.45, 7) is 0. The van der Waals surface area contributed by atoms with Gasteiger partial charge in [-0.2, -0.15) is 12.6 Å². The summed E-state index contributed by atoms with van der Waals surface area (Å²) >= 11 is 4.06. The third kappa shape index (κ3) is 3.38. The summed E-state index contributed by atoms with van der Waals surface area (Å²) in [7, 11) is 1.22. The van der Waals surface area contributed by atoms with Gasteiger partial charge in [0.15, 0.2) is 0 Å². The summed E-state index contributed by atoms with van der Waals surface area (Å²) in [5, 5.41) is 0. The number of rotatable bonds is 4. The maximum atomic E-state index is 13.4. The van der Waals surface area contributed by atoms with Crippen LogP contribution in [0.25, 0.3) is 6.08 Å². The van der Waals surface area contributed by atoms with Gasteiger partial charge in [-0.1, -0.05) is 18.2 Å². The molecule has 86 valence electrons. The molecule has 0 aliphatic heterocycles. The van der Waals surface area contributed by atoms with Crippen LogP contribution >= 0.6 is 12.6 Å². The Labute approximate surface area is 99.5 Å². The molecule has 0 amide bonds. The highest BCUT2D eigenvalue weighted by Gasteiger charge is 2.11. The molecule has 0 radical (unpaired) electrons. The Bertz CT molecular complexity index is 402. The molecule has 0 aromatic heterocycles. The van der Waals surface area contributed by atoms with Gasteiger partial charge in [-0.15, -0.1) is 0 Å². The van der Waals surface area contributed by atoms with Gasteiger partial charge >= 0.3 is 5.97 Å². The Hall–Kier alpha value is -1.29. The minimum absolute atomic E-state index is 0.0474. The zero-order valence-electron chi connectivity index (χ0n) is 8.94. The van der Waals surface area contributed by atoms with Crippen molar-refractivity contribution in [3.05, 3.63) is 41.2 Å². The van der Waals surface area contributed by atoms with Crippen LogP contribution in [0.15, 0.2) is 24.3 Å². The van der Waals surface area contributed by atoms with Gasteiger partial charge in [0.2, 0.25) is 0 Å². The van der Waals surface area contributed by atoms with Crippen LogP contribution in [0, 0.1) is 5.82 Å². The molecule has 4 heteroatoms. The molecule has 0 aliphatic carbocycles. The second kappa shape index (κ2) is 6.33. The number of hydrogen-bond donors (Lipinski definition) is 1. The maximum Gasteiger partial charge on any atom is 0.340 e. The lowest BCUT2D eigenvalue weighted by atomic mass is 10.1. The predicted molar refractivity (Wildman–Crippen MR) is 65.2 cm³/mol. The van der Waals surface area contributed by atoms with Crippen molar-refractivity contribution in [2.24, 2.45) is 0 Å². The van der Waals surface area contributed by atoms with Gasteiger partial charge in [0.25, 0.3) is 0 Å². The lowest BCUT2D eigenvalue weighted by molar-refractivity contribution is 0.0595. The molecule has 0 unspecified atom stereocenters. The van der Waals surface area contributed by atoms with E-state index in [0.717, 1.165) is 12.2 Å². The average Bonchev–Trinajstić information content (AvgIpc) is 2.29. The maximum absolute atomic E-state index is 13.4. The van der Waals surface area contributed by atoms with E-state index in [1.54, 1.807) is 12.1 Å². The second-order valence-electron chi connectivity index (χ2n) is 3.15. The van der Waals surface area contributed by atoms with Crippen LogP contribution in [-0.4, -0.2) is 18.8 Å². The molecule has 0 saturated carbocycles. The highest BCUT2D eigenvalue weighted by Crippen LogP contribution is 2.13. The fourth-order valence-corrected chi connectivity index (χ4v) is 1.35. The number of ether oxygens (including phenoxy) is 1. The summed E-state index contributed by atoms with van der Waals surface area (Å²) < 4.78 is 17.9. The number of methoxy groups -OCH3 is 1. The van der Waals surface area contributed by atoms with Gasteiger partial charge in [-0.3, -0.25) is 0 Å². The van der Waals surface area contributed by atoms with Crippen molar-refractivity contribution in [2.45, 2.75) is 6.42 Å². The number of thiol groups is 1. The Morgan fingerprint density at radius 1 is 1.56 bits per heavy atom. The monoisotopic (exact) mass is 240 g/mol. The van der Waals surface area contributed by atoms with E-state index in [-0.39, 0.29) is 5.56 Å². The second-order valence-corrected chi connectivity index (χ2v) is 3.59. The van der Waals surface area contributed by atoms with E-state index in [0.29, 0.717) is 5.56 Å². The van der Waals surface area contributed by atoms with E-state index in [1.165, 1.54) is 19.2 Å². The molecule has 1 rings (SSSR count). The number of benzene rings is 1. The fourth-order valence-electron chi connectivity index (χ4n) is 1.20. The van der Waals surface area contributed by atoms with Crippen LogP contribution in [0.5, 0.6) is 0 Å². The normalized spacial score (nSPS) is 10.7. The number of allylic oxidation sites excluding steroid dienone is 1. The molecule has 0 spiro atoms. The molecule has 1 aromatic rings. The van der Waals surface area contributed by atoms with Crippen molar-refractivity contribution in [1.82, 2.24) is 0 Å². The molecule has 16 heavy (non-hydrogen) atoms. The van der Waals surface area contributed by atoms with Crippen molar-refractivity contribution in [3.8, 4) is 0 Å². The van der Waals surface area contributed by atoms with Crippen molar-refractivity contribution in [3.63, 3.8) is 0 Å². The van der Waals surface area contributed by atoms with Gasteiger partial charge < -0.3 is 4.74 Å². The molecule has 0 N–H and O–H groups in total. The lowest BCUT2D eigenvalue weighted by Crippen LogP contribution is -2.04. The van der Waals surface area contributed by atoms with Gasteiger partial charge in [0, 0.05) is 0 Å². The Morgan fingerprint density at radius 2 is 2.31 bits per heavy atom. The summed E-state index contributed by atoms with van der Waals surface area (Å²) in [4.78, 5) is 11.1. The molecule has 0 atom stereocenters. The fraction of sp³-hybridized carbons (Fsp3) is 0.250. The van der Waals surface area contributed by atoms with E-state index in [1.807, 2.05) is 6.08 Å². The highest BCUT2D eigenvalue weighted by molar-refractivity contribution is 7.80. The van der Waals surface area contributed by atoms with Gasteiger partial charge in [0.05, 0.1) is 12.7 Å². The van der Waals surface area contributed by atoms with Crippen LogP contribution in [0.2, 0.25) is 0 Å². The Morgan fingerprint density at radius 3 is 2.88 bits per heavy atom. The smallest absolute Gasteiger partial charge is 0.340 e. The summed E-state index contributed by atoms with van der Waals surface area (Å²) in [5.74, 6) is -0.484. The zero-order chi connectivity index (χ0) is 12.0. The first kappa shape index (κ1) is 12.8. The lowest BCUT2D eigenvalue weighted by Gasteiger charge is -2.01. The molecule has 2 nitrogen and oxygen atoms in total. The topological polar surface area (TPSA) is 26.3 Å². The number of halogens is 1. The standard InChI is InChI=1S/C12H13FO2S/c1-15-12(14)10-6-5-9(8-11(10)13)4-2-3-7-16/h2,4-6,8,16H,3,7H2,1H3. The largest absolute Gasteiger partial charge is 0.465 e. The number of carbonyl (C=O) groups is 1. The molecule has 0 aliphatic rings. The van der Waals surface area contributed by atoms with Crippen LogP contribution in [0.4, 0.5) is 4.39 Å². The summed E-state index contributed by atoms with van der Waals surface area (Å²) in [6.07, 6.45) is 4.52. The van der Waals surface area contributed by atoms with E-state index in [9.17, 15) is 9.18 Å². The van der Waals surface area contributed by atoms with Crippen molar-refractivity contribution in [2.75, 3.05) is 12.9 Å². The number of esters is 1. The molecule has 0 saturated heterocycles. The Kier molecular flexibility index (Phi) is 5.05. The number of hydrogen-bond acceptors (Lipinski definition) is 3. The van der Waals surface area contributed by atoms with Crippen molar-refractivity contribution >= 4 is 24.7 Å². The molecular formula is C12H13FO2S. The Balaban J connectivity index is 2.86. The van der Waals surface area contributed by atoms with E-state index in [2.05, 4.69) is 17.4 Å². The van der Waals surface area contributed by atoms with Gasteiger partial charge in [0.1, 0.15) is 5.82 Å². The third-order valence-corrected chi connectivity index (χ3v) is 2.26. The van der Waals surface area contributed by atoms with E-state index >= 15 is 0 Å². The SMILES string of the molecule is COC(=O)c1ccc(C=CCCS)cc1F.